The molecule has 1 unspecified atom stereocenters. The lowest BCUT2D eigenvalue weighted by atomic mass is 9.66. The van der Waals surface area contributed by atoms with Gasteiger partial charge in [-0.15, -0.1) is 0 Å². The molecule has 0 spiro atoms. The quantitative estimate of drug-likeness (QED) is 0.507. The molecule has 2 fully saturated rings. The first kappa shape index (κ1) is 15.4. The Bertz CT molecular complexity index is 218. The topological polar surface area (TPSA) is 0 Å². The molecule has 2 saturated carbocycles. The third-order valence-corrected chi connectivity index (χ3v) is 6.07. The molecular formula is C19H36. The lowest BCUT2D eigenvalue weighted by molar-refractivity contribution is 0.115. The van der Waals surface area contributed by atoms with E-state index in [4.69, 9.17) is 0 Å². The zero-order valence-electron chi connectivity index (χ0n) is 13.5. The molecule has 0 aromatic rings. The average Bonchev–Trinajstić information content (AvgIpc) is 2.47. The Morgan fingerprint density at radius 3 is 1.95 bits per heavy atom. The molecule has 0 saturated heterocycles. The molecule has 0 aromatic heterocycles. The minimum atomic E-state index is 1.08. The second-order valence-electron chi connectivity index (χ2n) is 7.42. The summed E-state index contributed by atoms with van der Waals surface area (Å²) in [4.78, 5) is 0. The molecule has 0 heteroatoms. The third-order valence-electron chi connectivity index (χ3n) is 6.07. The standard InChI is InChI=1S/C19H36/c1-3-8-16-12-14-18(15-13-16)19(9-4-2)17-10-6-5-7-11-17/h16-19H,3-15H2,1-2H3. The van der Waals surface area contributed by atoms with Crippen molar-refractivity contribution in [3.05, 3.63) is 0 Å². The smallest absolute Gasteiger partial charge is 0.0358 e. The van der Waals surface area contributed by atoms with Crippen LogP contribution in [-0.4, -0.2) is 0 Å². The van der Waals surface area contributed by atoms with Crippen LogP contribution in [-0.2, 0) is 0 Å². The second-order valence-corrected chi connectivity index (χ2v) is 7.42. The zero-order valence-corrected chi connectivity index (χ0v) is 13.5. The van der Waals surface area contributed by atoms with Crippen molar-refractivity contribution in [2.24, 2.45) is 23.7 Å². The number of rotatable bonds is 6. The van der Waals surface area contributed by atoms with Crippen LogP contribution in [0.15, 0.2) is 0 Å². The van der Waals surface area contributed by atoms with Gasteiger partial charge in [-0.05, 0) is 36.5 Å². The van der Waals surface area contributed by atoms with Gasteiger partial charge in [0.05, 0.1) is 0 Å². The molecule has 2 aliphatic carbocycles. The van der Waals surface area contributed by atoms with Crippen molar-refractivity contribution in [3.63, 3.8) is 0 Å². The summed E-state index contributed by atoms with van der Waals surface area (Å²) in [5.41, 5.74) is 0. The molecular weight excluding hydrogens is 228 g/mol. The number of hydrogen-bond donors (Lipinski definition) is 0. The van der Waals surface area contributed by atoms with Gasteiger partial charge in [-0.25, -0.2) is 0 Å². The van der Waals surface area contributed by atoms with E-state index in [2.05, 4.69) is 13.8 Å². The molecule has 112 valence electrons. The second kappa shape index (κ2) is 8.32. The molecule has 2 aliphatic rings. The first-order valence-corrected chi connectivity index (χ1v) is 9.35. The monoisotopic (exact) mass is 264 g/mol. The summed E-state index contributed by atoms with van der Waals surface area (Å²) in [6.07, 6.45) is 19.7. The SMILES string of the molecule is CCCC1CCC(C(CCC)C2CCCCC2)CC1. The van der Waals surface area contributed by atoms with E-state index in [-0.39, 0.29) is 0 Å². The van der Waals surface area contributed by atoms with Gasteiger partial charge in [0.2, 0.25) is 0 Å². The minimum Gasteiger partial charge on any atom is -0.0654 e. The van der Waals surface area contributed by atoms with E-state index in [0.717, 1.165) is 23.7 Å². The Labute approximate surface area is 121 Å². The molecule has 0 heterocycles. The van der Waals surface area contributed by atoms with Gasteiger partial charge in [0, 0.05) is 0 Å². The molecule has 0 bridgehead atoms. The fourth-order valence-electron chi connectivity index (χ4n) is 5.07. The Balaban J connectivity index is 1.85. The van der Waals surface area contributed by atoms with Crippen molar-refractivity contribution < 1.29 is 0 Å². The fraction of sp³-hybridized carbons (Fsp3) is 1.00. The first-order valence-electron chi connectivity index (χ1n) is 9.35. The van der Waals surface area contributed by atoms with E-state index in [0.29, 0.717) is 0 Å². The van der Waals surface area contributed by atoms with Gasteiger partial charge in [-0.1, -0.05) is 84.5 Å². The van der Waals surface area contributed by atoms with Crippen molar-refractivity contribution in [2.45, 2.75) is 97.3 Å². The van der Waals surface area contributed by atoms with Crippen molar-refractivity contribution in [1.82, 2.24) is 0 Å². The summed E-state index contributed by atoms with van der Waals surface area (Å²) in [6, 6.07) is 0. The minimum absolute atomic E-state index is 1.08. The van der Waals surface area contributed by atoms with Gasteiger partial charge >= 0.3 is 0 Å². The van der Waals surface area contributed by atoms with Crippen LogP contribution in [0.5, 0.6) is 0 Å². The molecule has 1 atom stereocenters. The lowest BCUT2D eigenvalue weighted by Crippen LogP contribution is -2.29. The maximum Gasteiger partial charge on any atom is -0.0358 e. The maximum absolute atomic E-state index is 2.40. The Morgan fingerprint density at radius 1 is 0.737 bits per heavy atom. The molecule has 0 radical (unpaired) electrons. The van der Waals surface area contributed by atoms with Crippen molar-refractivity contribution in [3.8, 4) is 0 Å². The molecule has 0 N–H and O–H groups in total. The summed E-state index contributed by atoms with van der Waals surface area (Å²) in [6.45, 7) is 4.76. The van der Waals surface area contributed by atoms with Gasteiger partial charge in [-0.2, -0.15) is 0 Å². The molecule has 0 nitrogen and oxygen atoms in total. The summed E-state index contributed by atoms with van der Waals surface area (Å²) >= 11 is 0. The van der Waals surface area contributed by atoms with E-state index in [1.165, 1.54) is 44.9 Å². The highest BCUT2D eigenvalue weighted by Crippen LogP contribution is 2.43. The number of hydrogen-bond acceptors (Lipinski definition) is 0. The molecule has 0 aromatic carbocycles. The molecule has 2 rings (SSSR count). The van der Waals surface area contributed by atoms with Crippen LogP contribution in [0.1, 0.15) is 97.3 Å². The van der Waals surface area contributed by atoms with Gasteiger partial charge in [0.25, 0.3) is 0 Å². The van der Waals surface area contributed by atoms with Gasteiger partial charge < -0.3 is 0 Å². The van der Waals surface area contributed by atoms with Crippen LogP contribution in [0.4, 0.5) is 0 Å². The van der Waals surface area contributed by atoms with Crippen molar-refractivity contribution in [1.29, 1.82) is 0 Å². The molecule has 0 aliphatic heterocycles. The summed E-state index contributed by atoms with van der Waals surface area (Å²) in [5.74, 6) is 4.36. The van der Waals surface area contributed by atoms with Crippen LogP contribution in [0.3, 0.4) is 0 Å². The average molecular weight is 264 g/mol. The zero-order chi connectivity index (χ0) is 13.5. The normalized spacial score (nSPS) is 31.3. The maximum atomic E-state index is 2.40. The molecule has 19 heavy (non-hydrogen) atoms. The van der Waals surface area contributed by atoms with E-state index in [1.54, 1.807) is 38.5 Å². The predicted octanol–water partition coefficient (Wildman–Crippen LogP) is 6.59. The highest BCUT2D eigenvalue weighted by molar-refractivity contribution is 4.83. The largest absolute Gasteiger partial charge is 0.0654 e. The Hall–Kier alpha value is 0. The van der Waals surface area contributed by atoms with E-state index >= 15 is 0 Å². The van der Waals surface area contributed by atoms with Crippen LogP contribution < -0.4 is 0 Å². The van der Waals surface area contributed by atoms with Crippen LogP contribution in [0.2, 0.25) is 0 Å². The fourth-order valence-corrected chi connectivity index (χ4v) is 5.07. The highest BCUT2D eigenvalue weighted by Gasteiger charge is 2.32. The van der Waals surface area contributed by atoms with Crippen molar-refractivity contribution in [2.75, 3.05) is 0 Å². The van der Waals surface area contributed by atoms with Gasteiger partial charge in [0.15, 0.2) is 0 Å². The summed E-state index contributed by atoms with van der Waals surface area (Å²) < 4.78 is 0. The van der Waals surface area contributed by atoms with E-state index < -0.39 is 0 Å². The molecule has 0 amide bonds. The third kappa shape index (κ3) is 4.50. The van der Waals surface area contributed by atoms with Crippen LogP contribution in [0, 0.1) is 23.7 Å². The predicted molar refractivity (Wildman–Crippen MR) is 85.3 cm³/mol. The van der Waals surface area contributed by atoms with Crippen LogP contribution >= 0.6 is 0 Å². The Morgan fingerprint density at radius 2 is 1.37 bits per heavy atom. The highest BCUT2D eigenvalue weighted by atomic mass is 14.4. The summed E-state index contributed by atoms with van der Waals surface area (Å²) in [7, 11) is 0. The Kier molecular flexibility index (Phi) is 6.74. The van der Waals surface area contributed by atoms with E-state index in [9.17, 15) is 0 Å². The van der Waals surface area contributed by atoms with Crippen molar-refractivity contribution >= 4 is 0 Å². The summed E-state index contributed by atoms with van der Waals surface area (Å²) in [5, 5.41) is 0. The van der Waals surface area contributed by atoms with E-state index in [1.807, 2.05) is 0 Å². The van der Waals surface area contributed by atoms with Crippen LogP contribution in [0.25, 0.3) is 0 Å². The first-order chi connectivity index (χ1) is 9.35. The van der Waals surface area contributed by atoms with Gasteiger partial charge in [0.1, 0.15) is 0 Å². The van der Waals surface area contributed by atoms with Gasteiger partial charge in [-0.3, -0.25) is 0 Å². The lowest BCUT2D eigenvalue weighted by Gasteiger charge is -2.39.